The maximum Gasteiger partial charge on any atom is 0.219 e. The van der Waals surface area contributed by atoms with Crippen LogP contribution in [0.1, 0.15) is 6.92 Å². The largest absolute Gasteiger partial charge is 0.360 e. The highest BCUT2D eigenvalue weighted by Crippen LogP contribution is 2.12. The van der Waals surface area contributed by atoms with E-state index in [0.29, 0.717) is 5.71 Å². The third-order valence-corrected chi connectivity index (χ3v) is 1.35. The summed E-state index contributed by atoms with van der Waals surface area (Å²) in [5.41, 5.74) is 5.96. The number of dihydropyridines is 1. The summed E-state index contributed by atoms with van der Waals surface area (Å²) in [6.45, 7) is 1.74. The number of hydrogen-bond acceptors (Lipinski definition) is 4. The zero-order valence-electron chi connectivity index (χ0n) is 5.65. The number of aliphatic imine (C=N–C) groups is 1. The molecule has 0 aromatic rings. The minimum Gasteiger partial charge on any atom is -0.360 e. The monoisotopic (exact) mass is 142 g/mol. The molecule has 56 valence electrons. The molecule has 1 unspecified atom stereocenters. The van der Waals surface area contributed by atoms with Crippen LogP contribution in [0, 0.1) is 0 Å². The summed E-state index contributed by atoms with van der Waals surface area (Å²) in [5, 5.41) is 18.0. The molecular formula is C6H10N2O2. The molecule has 0 bridgehead atoms. The fourth-order valence-electron chi connectivity index (χ4n) is 0.699. The van der Waals surface area contributed by atoms with Gasteiger partial charge in [-0.1, -0.05) is 0 Å². The summed E-state index contributed by atoms with van der Waals surface area (Å²) in [6, 6.07) is 0. The van der Waals surface area contributed by atoms with Crippen molar-refractivity contribution in [3.8, 4) is 0 Å². The Balaban J connectivity index is 2.84. The zero-order valence-corrected chi connectivity index (χ0v) is 5.65. The Labute approximate surface area is 58.7 Å². The molecule has 0 aromatic carbocycles. The van der Waals surface area contributed by atoms with Gasteiger partial charge in [-0.25, -0.2) is 0 Å². The van der Waals surface area contributed by atoms with Crippen LogP contribution in [0.5, 0.6) is 0 Å². The van der Waals surface area contributed by atoms with E-state index in [0.717, 1.165) is 0 Å². The van der Waals surface area contributed by atoms with Crippen molar-refractivity contribution in [1.82, 2.24) is 0 Å². The number of nitrogens with two attached hydrogens (primary N) is 1. The van der Waals surface area contributed by atoms with Crippen LogP contribution in [0.2, 0.25) is 0 Å². The number of nitrogens with zero attached hydrogens (tertiary/aromatic N) is 1. The van der Waals surface area contributed by atoms with Crippen LogP contribution >= 0.6 is 0 Å². The standard InChI is InChI=1S/C6H10N2O2/c1-4-2-3-6(9,10)5(7)8-4/h2-3,5,9-10H,7H2,1H3. The smallest absolute Gasteiger partial charge is 0.219 e. The Morgan fingerprint density at radius 2 is 2.30 bits per heavy atom. The van der Waals surface area contributed by atoms with Crippen molar-refractivity contribution in [3.05, 3.63) is 12.2 Å². The first-order valence-corrected chi connectivity index (χ1v) is 2.96. The Bertz CT molecular complexity index is 196. The first kappa shape index (κ1) is 7.40. The molecule has 4 heteroatoms. The minimum absolute atomic E-state index is 0.700. The van der Waals surface area contributed by atoms with Gasteiger partial charge in [0.25, 0.3) is 0 Å². The molecule has 1 heterocycles. The molecule has 1 aliphatic rings. The van der Waals surface area contributed by atoms with Gasteiger partial charge in [-0.3, -0.25) is 4.99 Å². The van der Waals surface area contributed by atoms with Gasteiger partial charge in [0.2, 0.25) is 5.79 Å². The first-order chi connectivity index (χ1) is 4.52. The van der Waals surface area contributed by atoms with Crippen LogP contribution in [0.3, 0.4) is 0 Å². The lowest BCUT2D eigenvalue weighted by Gasteiger charge is -2.24. The lowest BCUT2D eigenvalue weighted by Crippen LogP contribution is -2.47. The predicted molar refractivity (Wildman–Crippen MR) is 37.4 cm³/mol. The zero-order chi connectivity index (χ0) is 7.78. The summed E-state index contributed by atoms with van der Waals surface area (Å²) >= 11 is 0. The second-order valence-electron chi connectivity index (χ2n) is 2.33. The summed E-state index contributed by atoms with van der Waals surface area (Å²) in [7, 11) is 0. The van der Waals surface area contributed by atoms with Gasteiger partial charge < -0.3 is 15.9 Å². The molecule has 0 radical (unpaired) electrons. The number of allylic oxidation sites excluding steroid dienone is 1. The lowest BCUT2D eigenvalue weighted by molar-refractivity contribution is -0.133. The van der Waals surface area contributed by atoms with Gasteiger partial charge in [-0.05, 0) is 19.1 Å². The molecule has 0 spiro atoms. The first-order valence-electron chi connectivity index (χ1n) is 2.96. The average molecular weight is 142 g/mol. The maximum atomic E-state index is 9.00. The van der Waals surface area contributed by atoms with E-state index in [-0.39, 0.29) is 0 Å². The molecule has 0 aliphatic carbocycles. The molecule has 0 aromatic heterocycles. The van der Waals surface area contributed by atoms with E-state index >= 15 is 0 Å². The Hall–Kier alpha value is -0.710. The third kappa shape index (κ3) is 1.23. The van der Waals surface area contributed by atoms with Gasteiger partial charge in [0.1, 0.15) is 0 Å². The second-order valence-corrected chi connectivity index (χ2v) is 2.33. The SMILES string of the molecule is CC1=NC(N)C(O)(O)C=C1. The van der Waals surface area contributed by atoms with E-state index in [4.69, 9.17) is 15.9 Å². The van der Waals surface area contributed by atoms with E-state index < -0.39 is 12.0 Å². The molecule has 0 fully saturated rings. The fourth-order valence-corrected chi connectivity index (χ4v) is 0.699. The second kappa shape index (κ2) is 2.16. The molecule has 1 rings (SSSR count). The predicted octanol–water partition coefficient (Wildman–Crippen LogP) is -1.02. The summed E-state index contributed by atoms with van der Waals surface area (Å²) in [5.74, 6) is -1.97. The van der Waals surface area contributed by atoms with E-state index in [2.05, 4.69) is 4.99 Å². The van der Waals surface area contributed by atoms with Crippen LogP contribution in [0.15, 0.2) is 17.1 Å². The van der Waals surface area contributed by atoms with E-state index in [1.807, 2.05) is 0 Å². The van der Waals surface area contributed by atoms with Gasteiger partial charge in [-0.15, -0.1) is 0 Å². The van der Waals surface area contributed by atoms with Crippen LogP contribution in [-0.4, -0.2) is 27.9 Å². The van der Waals surface area contributed by atoms with Crippen LogP contribution in [-0.2, 0) is 0 Å². The van der Waals surface area contributed by atoms with Crippen LogP contribution in [0.25, 0.3) is 0 Å². The normalized spacial score (nSPS) is 30.0. The fraction of sp³-hybridized carbons (Fsp3) is 0.500. The Kier molecular flexibility index (Phi) is 1.60. The van der Waals surface area contributed by atoms with E-state index in [9.17, 15) is 0 Å². The van der Waals surface area contributed by atoms with Crippen molar-refractivity contribution in [3.63, 3.8) is 0 Å². The van der Waals surface area contributed by atoms with Crippen molar-refractivity contribution in [2.75, 3.05) is 0 Å². The van der Waals surface area contributed by atoms with E-state index in [1.165, 1.54) is 12.2 Å². The van der Waals surface area contributed by atoms with Crippen LogP contribution < -0.4 is 5.73 Å². The lowest BCUT2D eigenvalue weighted by atomic mass is 10.1. The van der Waals surface area contributed by atoms with Crippen molar-refractivity contribution in [2.45, 2.75) is 18.9 Å². The molecule has 10 heavy (non-hydrogen) atoms. The van der Waals surface area contributed by atoms with Gasteiger partial charge in [0, 0.05) is 5.71 Å². The van der Waals surface area contributed by atoms with E-state index in [1.54, 1.807) is 6.92 Å². The summed E-state index contributed by atoms with van der Waals surface area (Å²) in [4.78, 5) is 3.74. The summed E-state index contributed by atoms with van der Waals surface area (Å²) in [6.07, 6.45) is 1.78. The van der Waals surface area contributed by atoms with Crippen molar-refractivity contribution >= 4 is 5.71 Å². The molecule has 0 saturated carbocycles. The topological polar surface area (TPSA) is 78.8 Å². The third-order valence-electron chi connectivity index (χ3n) is 1.35. The average Bonchev–Trinajstić information content (AvgIpc) is 1.81. The molecule has 4 nitrogen and oxygen atoms in total. The highest BCUT2D eigenvalue weighted by atomic mass is 16.5. The number of aliphatic hydroxyl groups is 2. The Morgan fingerprint density at radius 1 is 1.70 bits per heavy atom. The van der Waals surface area contributed by atoms with Crippen molar-refractivity contribution in [2.24, 2.45) is 10.7 Å². The highest BCUT2D eigenvalue weighted by molar-refractivity contribution is 5.93. The number of hydrogen-bond donors (Lipinski definition) is 3. The van der Waals surface area contributed by atoms with Gasteiger partial charge in [-0.2, -0.15) is 0 Å². The minimum atomic E-state index is -1.97. The molecule has 1 aliphatic heterocycles. The van der Waals surface area contributed by atoms with Gasteiger partial charge >= 0.3 is 0 Å². The molecule has 0 amide bonds. The number of rotatable bonds is 0. The summed E-state index contributed by atoms with van der Waals surface area (Å²) < 4.78 is 0. The quantitative estimate of drug-likeness (QED) is 0.379. The highest BCUT2D eigenvalue weighted by Gasteiger charge is 2.30. The molecule has 0 saturated heterocycles. The van der Waals surface area contributed by atoms with Gasteiger partial charge in [0.05, 0.1) is 0 Å². The van der Waals surface area contributed by atoms with Gasteiger partial charge in [0.15, 0.2) is 6.17 Å². The van der Waals surface area contributed by atoms with Crippen molar-refractivity contribution < 1.29 is 10.2 Å². The van der Waals surface area contributed by atoms with Crippen molar-refractivity contribution in [1.29, 1.82) is 0 Å². The Morgan fingerprint density at radius 3 is 2.70 bits per heavy atom. The molecule has 4 N–H and O–H groups in total. The molecular weight excluding hydrogens is 132 g/mol. The maximum absolute atomic E-state index is 9.00. The van der Waals surface area contributed by atoms with Crippen LogP contribution in [0.4, 0.5) is 0 Å². The molecule has 1 atom stereocenters.